The van der Waals surface area contributed by atoms with E-state index in [1.54, 1.807) is 29.8 Å². The summed E-state index contributed by atoms with van der Waals surface area (Å²) in [5.41, 5.74) is 0.0935. The molecule has 1 saturated carbocycles. The molecule has 0 N–H and O–H groups in total. The van der Waals surface area contributed by atoms with Gasteiger partial charge in [0.1, 0.15) is 11.6 Å². The van der Waals surface area contributed by atoms with E-state index < -0.39 is 11.2 Å². The van der Waals surface area contributed by atoms with Crippen LogP contribution in [-0.2, 0) is 32.0 Å². The van der Waals surface area contributed by atoms with Crippen molar-refractivity contribution in [3.63, 3.8) is 0 Å². The van der Waals surface area contributed by atoms with E-state index in [1.807, 2.05) is 4.90 Å². The summed E-state index contributed by atoms with van der Waals surface area (Å²) in [6, 6.07) is 6.44. The maximum atomic E-state index is 14.5. The minimum absolute atomic E-state index is 0.131. The zero-order valence-corrected chi connectivity index (χ0v) is 18.8. The molecule has 0 unspecified atom stereocenters. The average molecular weight is 455 g/mol. The van der Waals surface area contributed by atoms with Gasteiger partial charge in [-0.05, 0) is 18.9 Å². The summed E-state index contributed by atoms with van der Waals surface area (Å²) in [5.74, 6) is 0.687. The molecule has 3 aromatic rings. The van der Waals surface area contributed by atoms with Gasteiger partial charge in [0, 0.05) is 51.8 Å². The highest BCUT2D eigenvalue weighted by Gasteiger charge is 2.34. The second-order valence-corrected chi connectivity index (χ2v) is 8.96. The molecule has 174 valence electrons. The number of hydrogen-bond acceptors (Lipinski definition) is 5. The fraction of sp³-hybridized carbons (Fsp3) is 0.478. The maximum Gasteiger partial charge on any atom is 0.332 e. The van der Waals surface area contributed by atoms with Gasteiger partial charge in [0.05, 0.1) is 13.1 Å². The van der Waals surface area contributed by atoms with Gasteiger partial charge >= 0.3 is 5.69 Å². The SMILES string of the molecule is Cn1c(=O)c2c(nc(CN3CCN(C(=O)C4CC4)CC3)n2Cc2ccccc2F)n(C)c1=O. The van der Waals surface area contributed by atoms with Gasteiger partial charge in [-0.15, -0.1) is 0 Å². The number of hydrogen-bond donors (Lipinski definition) is 0. The molecule has 1 aromatic carbocycles. The third-order valence-electron chi connectivity index (χ3n) is 6.69. The molecule has 1 aliphatic heterocycles. The van der Waals surface area contributed by atoms with E-state index in [2.05, 4.69) is 9.88 Å². The van der Waals surface area contributed by atoms with E-state index in [-0.39, 0.29) is 35.4 Å². The first kappa shape index (κ1) is 21.6. The molecule has 0 radical (unpaired) electrons. The van der Waals surface area contributed by atoms with Crippen LogP contribution >= 0.6 is 0 Å². The van der Waals surface area contributed by atoms with Crippen LogP contribution in [0.4, 0.5) is 4.39 Å². The van der Waals surface area contributed by atoms with Crippen molar-refractivity contribution in [1.29, 1.82) is 0 Å². The minimum Gasteiger partial charge on any atom is -0.340 e. The Balaban J connectivity index is 1.50. The average Bonchev–Trinajstić information content (AvgIpc) is 3.61. The molecule has 33 heavy (non-hydrogen) atoms. The lowest BCUT2D eigenvalue weighted by atomic mass is 10.2. The summed E-state index contributed by atoms with van der Waals surface area (Å²) in [7, 11) is 3.01. The van der Waals surface area contributed by atoms with Crippen LogP contribution in [-0.4, -0.2) is 60.6 Å². The minimum atomic E-state index is -0.457. The summed E-state index contributed by atoms with van der Waals surface area (Å²) in [5, 5.41) is 0. The third kappa shape index (κ3) is 3.88. The number of carbonyl (C=O) groups excluding carboxylic acids is 1. The first-order valence-electron chi connectivity index (χ1n) is 11.2. The highest BCUT2D eigenvalue weighted by atomic mass is 19.1. The molecule has 9 nitrogen and oxygen atoms in total. The Labute approximate surface area is 189 Å². The third-order valence-corrected chi connectivity index (χ3v) is 6.69. The van der Waals surface area contributed by atoms with Crippen molar-refractivity contribution in [3.8, 4) is 0 Å². The Bertz CT molecular complexity index is 1340. The first-order valence-corrected chi connectivity index (χ1v) is 11.2. The molecule has 2 aromatic heterocycles. The highest BCUT2D eigenvalue weighted by Crippen LogP contribution is 2.31. The van der Waals surface area contributed by atoms with Crippen LogP contribution in [0.15, 0.2) is 33.9 Å². The predicted octanol–water partition coefficient (Wildman–Crippen LogP) is 0.675. The van der Waals surface area contributed by atoms with E-state index in [4.69, 9.17) is 0 Å². The van der Waals surface area contributed by atoms with Crippen LogP contribution in [0, 0.1) is 11.7 Å². The second-order valence-electron chi connectivity index (χ2n) is 8.96. The maximum absolute atomic E-state index is 14.5. The zero-order chi connectivity index (χ0) is 23.3. The number of amides is 1. The molecule has 3 heterocycles. The number of piperazine rings is 1. The Morgan fingerprint density at radius 3 is 2.39 bits per heavy atom. The van der Waals surface area contributed by atoms with Crippen molar-refractivity contribution in [2.45, 2.75) is 25.9 Å². The molecular weight excluding hydrogens is 427 g/mol. The smallest absolute Gasteiger partial charge is 0.332 e. The molecule has 2 fully saturated rings. The van der Waals surface area contributed by atoms with Crippen LogP contribution in [0.1, 0.15) is 24.2 Å². The molecule has 1 amide bonds. The summed E-state index contributed by atoms with van der Waals surface area (Å²) >= 11 is 0. The number of carbonyl (C=O) groups is 1. The van der Waals surface area contributed by atoms with Gasteiger partial charge in [-0.2, -0.15) is 0 Å². The number of aromatic nitrogens is 4. The van der Waals surface area contributed by atoms with Crippen molar-refractivity contribution >= 4 is 17.1 Å². The number of rotatable bonds is 5. The monoisotopic (exact) mass is 454 g/mol. The molecule has 1 saturated heterocycles. The quantitative estimate of drug-likeness (QED) is 0.566. The number of benzene rings is 1. The van der Waals surface area contributed by atoms with Gasteiger partial charge < -0.3 is 9.47 Å². The molecule has 1 aliphatic carbocycles. The van der Waals surface area contributed by atoms with Crippen molar-refractivity contribution in [3.05, 3.63) is 62.3 Å². The predicted molar refractivity (Wildman–Crippen MR) is 120 cm³/mol. The fourth-order valence-corrected chi connectivity index (χ4v) is 4.49. The van der Waals surface area contributed by atoms with E-state index in [9.17, 15) is 18.8 Å². The summed E-state index contributed by atoms with van der Waals surface area (Å²) in [6.45, 7) is 3.26. The lowest BCUT2D eigenvalue weighted by molar-refractivity contribution is -0.134. The number of imidazole rings is 1. The molecule has 0 spiro atoms. The molecule has 0 atom stereocenters. The number of halogens is 1. The van der Waals surface area contributed by atoms with Crippen LogP contribution in [0.3, 0.4) is 0 Å². The first-order chi connectivity index (χ1) is 15.8. The summed E-state index contributed by atoms with van der Waals surface area (Å²) in [4.78, 5) is 46.6. The van der Waals surface area contributed by atoms with Crippen molar-refractivity contribution < 1.29 is 9.18 Å². The van der Waals surface area contributed by atoms with E-state index in [0.29, 0.717) is 44.1 Å². The van der Waals surface area contributed by atoms with Gasteiger partial charge in [0.2, 0.25) is 5.91 Å². The molecular formula is C23H27FN6O3. The Kier molecular flexibility index (Phi) is 5.40. The summed E-state index contributed by atoms with van der Waals surface area (Å²) in [6.07, 6.45) is 1.99. The normalized spacial score (nSPS) is 17.1. The van der Waals surface area contributed by atoms with Gasteiger partial charge in [0.15, 0.2) is 11.2 Å². The van der Waals surface area contributed by atoms with Crippen LogP contribution in [0.5, 0.6) is 0 Å². The number of aryl methyl sites for hydroxylation is 1. The van der Waals surface area contributed by atoms with Crippen LogP contribution < -0.4 is 11.2 Å². The molecule has 0 bridgehead atoms. The standard InChI is InChI=1S/C23H27FN6O3/c1-26-20-19(22(32)27(2)23(26)33)30(13-16-5-3-4-6-17(16)24)18(25-20)14-28-9-11-29(12-10-28)21(31)15-7-8-15/h3-6,15H,7-14H2,1-2H3. The fourth-order valence-electron chi connectivity index (χ4n) is 4.49. The van der Waals surface area contributed by atoms with Crippen LogP contribution in [0.2, 0.25) is 0 Å². The zero-order valence-electron chi connectivity index (χ0n) is 18.8. The topological polar surface area (TPSA) is 85.4 Å². The Hall–Kier alpha value is -3.27. The van der Waals surface area contributed by atoms with Crippen LogP contribution in [0.25, 0.3) is 11.2 Å². The number of fused-ring (bicyclic) bond motifs is 1. The molecule has 5 rings (SSSR count). The molecule has 10 heteroatoms. The summed E-state index contributed by atoms with van der Waals surface area (Å²) < 4.78 is 18.6. The van der Waals surface area contributed by atoms with E-state index in [0.717, 1.165) is 17.4 Å². The number of nitrogens with zero attached hydrogens (tertiary/aromatic N) is 6. The van der Waals surface area contributed by atoms with Crippen molar-refractivity contribution in [2.24, 2.45) is 20.0 Å². The van der Waals surface area contributed by atoms with E-state index >= 15 is 0 Å². The lowest BCUT2D eigenvalue weighted by Gasteiger charge is -2.34. The Morgan fingerprint density at radius 2 is 1.73 bits per heavy atom. The van der Waals surface area contributed by atoms with Gasteiger partial charge in [-0.1, -0.05) is 18.2 Å². The van der Waals surface area contributed by atoms with Crippen molar-refractivity contribution in [1.82, 2.24) is 28.5 Å². The van der Waals surface area contributed by atoms with Gasteiger partial charge in [-0.25, -0.2) is 14.2 Å². The van der Waals surface area contributed by atoms with Crippen molar-refractivity contribution in [2.75, 3.05) is 26.2 Å². The van der Waals surface area contributed by atoms with E-state index in [1.165, 1.54) is 17.7 Å². The lowest BCUT2D eigenvalue weighted by Crippen LogP contribution is -2.49. The van der Waals surface area contributed by atoms with Gasteiger partial charge in [0.25, 0.3) is 5.56 Å². The molecule has 2 aliphatic rings. The largest absolute Gasteiger partial charge is 0.340 e. The van der Waals surface area contributed by atoms with Gasteiger partial charge in [-0.3, -0.25) is 23.6 Å². The Morgan fingerprint density at radius 1 is 1.03 bits per heavy atom. The highest BCUT2D eigenvalue weighted by molar-refractivity contribution is 5.81. The second kappa shape index (κ2) is 8.26.